The fraction of sp³-hybridized carbons (Fsp3) is 0.185. The maximum absolute atomic E-state index is 13.1. The van der Waals surface area contributed by atoms with Gasteiger partial charge in [-0.25, -0.2) is 4.57 Å². The maximum Gasteiger partial charge on any atom is 0.221 e. The first-order chi connectivity index (χ1) is 16.6. The molecular weight excluding hydrogens is 444 g/mol. The predicted molar refractivity (Wildman–Crippen MR) is 134 cm³/mol. The highest BCUT2D eigenvalue weighted by molar-refractivity contribution is 6.41. The first-order valence-corrected chi connectivity index (χ1v) is 11.0. The summed E-state index contributed by atoms with van der Waals surface area (Å²) < 4.78 is 1.90. The van der Waals surface area contributed by atoms with E-state index in [1.807, 2.05) is 55.0 Å². The van der Waals surface area contributed by atoms with Crippen molar-refractivity contribution in [1.29, 1.82) is 0 Å². The molecule has 0 fully saturated rings. The van der Waals surface area contributed by atoms with E-state index in [9.17, 15) is 19.5 Å². The average molecular weight is 471 g/mol. The number of aromatic nitrogens is 1. The molecule has 2 amide bonds. The standard InChI is InChI=1S/C27H26N4O4/c1-15(32)28-18-6-8-20-17(10-11-31(5)24(20)13-18)12-22-26(34)25(27(22)35)21-9-7-19(30(3)4)14-23(21)29-16(2)33/h6-14H,1-5H3,(H2,28,29,32,33,34,35). The van der Waals surface area contributed by atoms with Crippen LogP contribution in [0, 0.1) is 0 Å². The minimum atomic E-state index is -0.365. The molecule has 2 N–H and O–H groups in total. The first kappa shape index (κ1) is 23.7. The summed E-state index contributed by atoms with van der Waals surface area (Å²) in [7, 11) is 5.61. The molecule has 8 nitrogen and oxygen atoms in total. The minimum Gasteiger partial charge on any atom is -0.871 e. The van der Waals surface area contributed by atoms with Crippen molar-refractivity contribution in [3.63, 3.8) is 0 Å². The van der Waals surface area contributed by atoms with E-state index in [-0.39, 0.29) is 34.5 Å². The molecule has 178 valence electrons. The smallest absolute Gasteiger partial charge is 0.221 e. The lowest BCUT2D eigenvalue weighted by molar-refractivity contribution is -0.644. The number of hydrogen-bond donors (Lipinski definition) is 2. The number of nitrogens with one attached hydrogen (secondary N) is 2. The second kappa shape index (κ2) is 9.06. The molecule has 8 heteroatoms. The Kier molecular flexibility index (Phi) is 6.13. The molecule has 0 radical (unpaired) electrons. The Hall–Kier alpha value is -4.46. The Labute approximate surface area is 203 Å². The summed E-state index contributed by atoms with van der Waals surface area (Å²) >= 11 is 0. The number of pyridine rings is 1. The zero-order chi connectivity index (χ0) is 25.4. The normalized spacial score (nSPS) is 14.2. The van der Waals surface area contributed by atoms with Crippen LogP contribution >= 0.6 is 0 Å². The summed E-state index contributed by atoms with van der Waals surface area (Å²) in [6, 6.07) is 12.5. The third-order valence-corrected chi connectivity index (χ3v) is 5.83. The Balaban J connectivity index is 1.78. The highest BCUT2D eigenvalue weighted by Crippen LogP contribution is 2.40. The van der Waals surface area contributed by atoms with Gasteiger partial charge in [0, 0.05) is 68.2 Å². The third kappa shape index (κ3) is 4.50. The van der Waals surface area contributed by atoms with Gasteiger partial charge in [-0.15, -0.1) is 0 Å². The summed E-state index contributed by atoms with van der Waals surface area (Å²) in [4.78, 5) is 38.1. The Morgan fingerprint density at radius 2 is 1.71 bits per heavy atom. The van der Waals surface area contributed by atoms with Gasteiger partial charge in [-0.3, -0.25) is 14.4 Å². The Morgan fingerprint density at radius 1 is 1.00 bits per heavy atom. The van der Waals surface area contributed by atoms with Crippen LogP contribution in [-0.2, 0) is 21.4 Å². The van der Waals surface area contributed by atoms with E-state index in [4.69, 9.17) is 0 Å². The zero-order valence-corrected chi connectivity index (χ0v) is 20.2. The van der Waals surface area contributed by atoms with Gasteiger partial charge in [0.1, 0.15) is 7.05 Å². The van der Waals surface area contributed by atoms with E-state index in [1.54, 1.807) is 30.3 Å². The zero-order valence-electron chi connectivity index (χ0n) is 20.2. The number of Topliss-reactive ketones (excluding diaryl/α,β-unsaturated/α-hetero) is 1. The van der Waals surface area contributed by atoms with E-state index in [0.29, 0.717) is 22.5 Å². The van der Waals surface area contributed by atoms with Crippen molar-refractivity contribution in [2.75, 3.05) is 29.6 Å². The number of benzene rings is 2. The van der Waals surface area contributed by atoms with Crippen LogP contribution in [0.3, 0.4) is 0 Å². The molecule has 0 aliphatic heterocycles. The molecule has 0 atom stereocenters. The first-order valence-electron chi connectivity index (χ1n) is 11.0. The molecule has 1 aliphatic carbocycles. The second-order valence-electron chi connectivity index (χ2n) is 8.69. The summed E-state index contributed by atoms with van der Waals surface area (Å²) in [5.74, 6) is -1.19. The molecule has 1 aliphatic rings. The van der Waals surface area contributed by atoms with Crippen molar-refractivity contribution in [3.05, 3.63) is 71.1 Å². The molecule has 2 aromatic carbocycles. The summed E-state index contributed by atoms with van der Waals surface area (Å²) in [5.41, 5.74) is 4.01. The highest BCUT2D eigenvalue weighted by atomic mass is 16.3. The molecule has 4 rings (SSSR count). The van der Waals surface area contributed by atoms with Gasteiger partial charge in [0.2, 0.25) is 17.3 Å². The number of carbonyl (C=O) groups is 3. The van der Waals surface area contributed by atoms with Gasteiger partial charge in [0.25, 0.3) is 0 Å². The van der Waals surface area contributed by atoms with Gasteiger partial charge >= 0.3 is 0 Å². The van der Waals surface area contributed by atoms with Gasteiger partial charge < -0.3 is 20.6 Å². The lowest BCUT2D eigenvalue weighted by Crippen LogP contribution is -2.30. The molecule has 0 spiro atoms. The molecule has 0 saturated carbocycles. The number of fused-ring (bicyclic) bond motifs is 1. The fourth-order valence-electron chi connectivity index (χ4n) is 4.10. The molecule has 1 aromatic heterocycles. The van der Waals surface area contributed by atoms with E-state index in [2.05, 4.69) is 10.6 Å². The topological polar surface area (TPSA) is 105 Å². The number of ketones is 1. The van der Waals surface area contributed by atoms with Gasteiger partial charge in [-0.05, 0) is 35.9 Å². The highest BCUT2D eigenvalue weighted by Gasteiger charge is 2.30. The fourth-order valence-corrected chi connectivity index (χ4v) is 4.10. The molecule has 0 saturated heterocycles. The third-order valence-electron chi connectivity index (χ3n) is 5.83. The average Bonchev–Trinajstić information content (AvgIpc) is 2.79. The van der Waals surface area contributed by atoms with Crippen molar-refractivity contribution < 1.29 is 24.1 Å². The van der Waals surface area contributed by atoms with Gasteiger partial charge in [-0.2, -0.15) is 0 Å². The van der Waals surface area contributed by atoms with Gasteiger partial charge in [-0.1, -0.05) is 11.8 Å². The number of nitrogens with zero attached hydrogens (tertiary/aromatic N) is 2. The van der Waals surface area contributed by atoms with Crippen LogP contribution < -0.4 is 25.2 Å². The molecule has 0 unspecified atom stereocenters. The van der Waals surface area contributed by atoms with Crippen molar-refractivity contribution in [1.82, 2.24) is 0 Å². The van der Waals surface area contributed by atoms with Crippen LogP contribution in [0.5, 0.6) is 0 Å². The van der Waals surface area contributed by atoms with E-state index >= 15 is 0 Å². The molecular formula is C27H26N4O4. The number of allylic oxidation sites excluding steroid dienone is 2. The van der Waals surface area contributed by atoms with Crippen LogP contribution in [0.1, 0.15) is 25.0 Å². The monoisotopic (exact) mass is 470 g/mol. The maximum atomic E-state index is 13.1. The number of rotatable bonds is 5. The molecule has 35 heavy (non-hydrogen) atoms. The minimum absolute atomic E-state index is 0.0593. The summed E-state index contributed by atoms with van der Waals surface area (Å²) in [6.07, 6.45) is 3.43. The largest absolute Gasteiger partial charge is 0.871 e. The predicted octanol–water partition coefficient (Wildman–Crippen LogP) is 2.38. The number of carbonyl (C=O) groups excluding carboxylic acids is 3. The summed E-state index contributed by atoms with van der Waals surface area (Å²) in [5, 5.41) is 19.4. The lowest BCUT2D eigenvalue weighted by atomic mass is 9.81. The Morgan fingerprint density at radius 3 is 2.34 bits per heavy atom. The van der Waals surface area contributed by atoms with E-state index in [0.717, 1.165) is 16.6 Å². The van der Waals surface area contributed by atoms with Crippen LogP contribution in [0.4, 0.5) is 17.1 Å². The Bertz CT molecular complexity index is 1470. The molecule has 3 aromatic rings. The van der Waals surface area contributed by atoms with Crippen molar-refractivity contribution >= 4 is 57.2 Å². The quantitative estimate of drug-likeness (QED) is 0.440. The SMILES string of the molecule is CC(=O)Nc1ccc2c(/C=C3\C(=O)C(c4ccc(N(C)C)cc4NC(C)=O)=C3[O-])cc[n+](C)c2c1. The number of aryl methyl sites for hydroxylation is 1. The summed E-state index contributed by atoms with van der Waals surface area (Å²) in [6.45, 7) is 2.82. The van der Waals surface area contributed by atoms with Crippen molar-refractivity contribution in [2.45, 2.75) is 13.8 Å². The van der Waals surface area contributed by atoms with Crippen LogP contribution in [0.2, 0.25) is 0 Å². The number of amides is 2. The van der Waals surface area contributed by atoms with Crippen LogP contribution in [-0.4, -0.2) is 31.7 Å². The van der Waals surface area contributed by atoms with E-state index in [1.165, 1.54) is 13.8 Å². The van der Waals surface area contributed by atoms with Crippen molar-refractivity contribution in [3.8, 4) is 0 Å². The van der Waals surface area contributed by atoms with Gasteiger partial charge in [0.15, 0.2) is 12.0 Å². The molecule has 1 heterocycles. The van der Waals surface area contributed by atoms with Gasteiger partial charge in [0.05, 0.1) is 11.1 Å². The molecule has 0 bridgehead atoms. The lowest BCUT2D eigenvalue weighted by Gasteiger charge is -2.32. The van der Waals surface area contributed by atoms with Crippen LogP contribution in [0.15, 0.2) is 60.0 Å². The number of anilines is 3. The van der Waals surface area contributed by atoms with E-state index < -0.39 is 0 Å². The number of hydrogen-bond acceptors (Lipinski definition) is 5. The second-order valence-corrected chi connectivity index (χ2v) is 8.69. The van der Waals surface area contributed by atoms with Crippen LogP contribution in [0.25, 0.3) is 22.6 Å². The van der Waals surface area contributed by atoms with Crippen molar-refractivity contribution in [2.24, 2.45) is 7.05 Å².